The summed E-state index contributed by atoms with van der Waals surface area (Å²) in [6.45, 7) is 0. The summed E-state index contributed by atoms with van der Waals surface area (Å²) in [6.07, 6.45) is 0.515. The number of para-hydroxylation sites is 1. The monoisotopic (exact) mass is 184 g/mol. The topological polar surface area (TPSA) is 56.9 Å². The molecule has 0 bridgehead atoms. The number of rotatable bonds is 1. The van der Waals surface area contributed by atoms with Crippen molar-refractivity contribution in [3.05, 3.63) is 42.1 Å². The number of aliphatic hydroxyl groups excluding tert-OH is 1. The van der Waals surface area contributed by atoms with Crippen LogP contribution in [-0.2, 0) is 0 Å². The van der Waals surface area contributed by atoms with Crippen LogP contribution in [0.15, 0.2) is 36.5 Å². The van der Waals surface area contributed by atoms with E-state index in [4.69, 9.17) is 5.26 Å². The van der Waals surface area contributed by atoms with Gasteiger partial charge >= 0.3 is 0 Å². The molecular weight excluding hydrogens is 176 g/mol. The quantitative estimate of drug-likeness (QED) is 0.687. The van der Waals surface area contributed by atoms with E-state index in [0.29, 0.717) is 5.56 Å². The van der Waals surface area contributed by atoms with Crippen LogP contribution in [0.2, 0.25) is 0 Å². The lowest BCUT2D eigenvalue weighted by Crippen LogP contribution is -1.95. The molecule has 0 aliphatic rings. The molecule has 1 aromatic carbocycles. The Morgan fingerprint density at radius 2 is 2.07 bits per heavy atom. The average Bonchev–Trinajstić information content (AvgIpc) is 2.27. The highest BCUT2D eigenvalue weighted by Crippen LogP contribution is 2.21. The van der Waals surface area contributed by atoms with Gasteiger partial charge in [-0.1, -0.05) is 18.2 Å². The Morgan fingerprint density at radius 1 is 1.29 bits per heavy atom. The molecule has 1 atom stereocenters. The summed E-state index contributed by atoms with van der Waals surface area (Å²) >= 11 is 0. The smallest absolute Gasteiger partial charge is 0.166 e. The van der Waals surface area contributed by atoms with Crippen LogP contribution in [0.5, 0.6) is 0 Å². The molecule has 0 saturated carbocycles. The summed E-state index contributed by atoms with van der Waals surface area (Å²) in [6, 6.07) is 10.9. The highest BCUT2D eigenvalue weighted by Gasteiger charge is 2.09. The van der Waals surface area contributed by atoms with E-state index in [1.165, 1.54) is 0 Å². The van der Waals surface area contributed by atoms with Gasteiger partial charge in [0, 0.05) is 17.1 Å². The summed E-state index contributed by atoms with van der Waals surface area (Å²) in [4.78, 5) is 4.14. The number of aromatic nitrogens is 1. The van der Waals surface area contributed by atoms with Crippen molar-refractivity contribution >= 4 is 10.9 Å². The van der Waals surface area contributed by atoms with Gasteiger partial charge in [0.2, 0.25) is 0 Å². The molecule has 1 N–H and O–H groups in total. The van der Waals surface area contributed by atoms with Gasteiger partial charge in [0.15, 0.2) is 6.10 Å². The lowest BCUT2D eigenvalue weighted by Gasteiger charge is -2.05. The van der Waals surface area contributed by atoms with Crippen LogP contribution >= 0.6 is 0 Å². The van der Waals surface area contributed by atoms with Gasteiger partial charge < -0.3 is 5.11 Å². The molecule has 2 aromatic rings. The molecule has 0 radical (unpaired) electrons. The minimum Gasteiger partial charge on any atom is -0.374 e. The molecule has 0 aliphatic heterocycles. The predicted molar refractivity (Wildman–Crippen MR) is 52.3 cm³/mol. The average molecular weight is 184 g/mol. The summed E-state index contributed by atoms with van der Waals surface area (Å²) in [5, 5.41) is 18.9. The standard InChI is InChI=1S/C11H8N2O/c12-7-11(14)9-5-6-13-10-4-2-1-3-8(9)10/h1-6,11,14H. The molecule has 68 valence electrons. The molecule has 1 heterocycles. The van der Waals surface area contributed by atoms with Crippen molar-refractivity contribution in [2.24, 2.45) is 0 Å². The SMILES string of the molecule is N#CC(O)c1ccnc2ccccc12. The number of nitriles is 1. The fourth-order valence-electron chi connectivity index (χ4n) is 1.43. The van der Waals surface area contributed by atoms with Gasteiger partial charge in [0.25, 0.3) is 0 Å². The number of benzene rings is 1. The Balaban J connectivity index is 2.72. The Morgan fingerprint density at radius 3 is 2.86 bits per heavy atom. The molecular formula is C11H8N2O. The van der Waals surface area contributed by atoms with Crippen molar-refractivity contribution in [3.8, 4) is 6.07 Å². The minimum absolute atomic E-state index is 0.609. The van der Waals surface area contributed by atoms with Crippen LogP contribution in [0.25, 0.3) is 10.9 Å². The number of fused-ring (bicyclic) bond motifs is 1. The number of aliphatic hydroxyl groups is 1. The zero-order valence-electron chi connectivity index (χ0n) is 7.38. The second kappa shape index (κ2) is 3.44. The molecule has 2 rings (SSSR count). The Kier molecular flexibility index (Phi) is 2.13. The molecule has 0 saturated heterocycles. The molecule has 1 aromatic heterocycles. The van der Waals surface area contributed by atoms with E-state index < -0.39 is 6.10 Å². The summed E-state index contributed by atoms with van der Waals surface area (Å²) in [5.74, 6) is 0. The molecule has 0 aliphatic carbocycles. The van der Waals surface area contributed by atoms with E-state index in [0.717, 1.165) is 10.9 Å². The Hall–Kier alpha value is -1.92. The van der Waals surface area contributed by atoms with Crippen molar-refractivity contribution in [3.63, 3.8) is 0 Å². The number of pyridine rings is 1. The van der Waals surface area contributed by atoms with Crippen LogP contribution in [-0.4, -0.2) is 10.1 Å². The highest BCUT2D eigenvalue weighted by atomic mass is 16.3. The number of hydrogen-bond donors (Lipinski definition) is 1. The van der Waals surface area contributed by atoms with Crippen LogP contribution in [0.3, 0.4) is 0 Å². The molecule has 0 fully saturated rings. The predicted octanol–water partition coefficient (Wildman–Crippen LogP) is 1.79. The van der Waals surface area contributed by atoms with Crippen molar-refractivity contribution in [1.82, 2.24) is 4.98 Å². The summed E-state index contributed by atoms with van der Waals surface area (Å²) in [7, 11) is 0. The van der Waals surface area contributed by atoms with E-state index in [1.54, 1.807) is 18.3 Å². The van der Waals surface area contributed by atoms with Gasteiger partial charge in [-0.25, -0.2) is 0 Å². The van der Waals surface area contributed by atoms with Crippen LogP contribution in [0.4, 0.5) is 0 Å². The van der Waals surface area contributed by atoms with Crippen LogP contribution < -0.4 is 0 Å². The van der Waals surface area contributed by atoms with Gasteiger partial charge in [-0.2, -0.15) is 5.26 Å². The minimum atomic E-state index is -1.08. The zero-order valence-corrected chi connectivity index (χ0v) is 7.38. The molecule has 3 nitrogen and oxygen atoms in total. The second-order valence-corrected chi connectivity index (χ2v) is 2.95. The lowest BCUT2D eigenvalue weighted by atomic mass is 10.1. The molecule has 0 amide bonds. The van der Waals surface area contributed by atoms with E-state index >= 15 is 0 Å². The molecule has 1 unspecified atom stereocenters. The van der Waals surface area contributed by atoms with Crippen molar-refractivity contribution in [1.29, 1.82) is 5.26 Å². The van der Waals surface area contributed by atoms with Gasteiger partial charge in [0.05, 0.1) is 11.6 Å². The first-order valence-corrected chi connectivity index (χ1v) is 4.24. The maximum Gasteiger partial charge on any atom is 0.166 e. The Bertz CT molecular complexity index is 497. The van der Waals surface area contributed by atoms with Gasteiger partial charge in [-0.3, -0.25) is 4.98 Å². The fraction of sp³-hybridized carbons (Fsp3) is 0.0909. The normalized spacial score (nSPS) is 12.3. The number of hydrogen-bond acceptors (Lipinski definition) is 3. The largest absolute Gasteiger partial charge is 0.374 e. The van der Waals surface area contributed by atoms with Crippen molar-refractivity contribution in [2.75, 3.05) is 0 Å². The fourth-order valence-corrected chi connectivity index (χ4v) is 1.43. The van der Waals surface area contributed by atoms with Gasteiger partial charge in [-0.05, 0) is 12.1 Å². The zero-order chi connectivity index (χ0) is 9.97. The summed E-state index contributed by atoms with van der Waals surface area (Å²) in [5.41, 5.74) is 1.40. The van der Waals surface area contributed by atoms with Crippen LogP contribution in [0.1, 0.15) is 11.7 Å². The molecule has 14 heavy (non-hydrogen) atoms. The molecule has 0 spiro atoms. The van der Waals surface area contributed by atoms with E-state index in [2.05, 4.69) is 4.98 Å². The maximum atomic E-state index is 9.44. The second-order valence-electron chi connectivity index (χ2n) is 2.95. The highest BCUT2D eigenvalue weighted by molar-refractivity contribution is 5.82. The van der Waals surface area contributed by atoms with E-state index in [-0.39, 0.29) is 0 Å². The van der Waals surface area contributed by atoms with Gasteiger partial charge in [-0.15, -0.1) is 0 Å². The molecule has 3 heteroatoms. The van der Waals surface area contributed by atoms with Crippen LogP contribution in [0, 0.1) is 11.3 Å². The third kappa shape index (κ3) is 1.32. The van der Waals surface area contributed by atoms with E-state index in [1.807, 2.05) is 24.3 Å². The number of nitrogens with zero attached hydrogens (tertiary/aromatic N) is 2. The van der Waals surface area contributed by atoms with Crippen molar-refractivity contribution < 1.29 is 5.11 Å². The van der Waals surface area contributed by atoms with Crippen molar-refractivity contribution in [2.45, 2.75) is 6.10 Å². The first kappa shape index (κ1) is 8.67. The lowest BCUT2D eigenvalue weighted by molar-refractivity contribution is 0.237. The Labute approximate surface area is 81.2 Å². The first-order chi connectivity index (χ1) is 6.83. The third-order valence-corrected chi connectivity index (χ3v) is 2.10. The third-order valence-electron chi connectivity index (χ3n) is 2.10. The first-order valence-electron chi connectivity index (χ1n) is 4.24. The van der Waals surface area contributed by atoms with E-state index in [9.17, 15) is 5.11 Å². The van der Waals surface area contributed by atoms with Gasteiger partial charge in [0.1, 0.15) is 0 Å². The summed E-state index contributed by atoms with van der Waals surface area (Å²) < 4.78 is 0. The maximum absolute atomic E-state index is 9.44.